The number of carbonyl (C=O) groups is 1. The molecule has 0 fully saturated rings. The molecule has 0 radical (unpaired) electrons. The minimum atomic E-state index is -5.04. The molecule has 0 amide bonds. The van der Waals surface area contributed by atoms with Crippen molar-refractivity contribution >= 4 is 24.6 Å². The summed E-state index contributed by atoms with van der Waals surface area (Å²) in [5.74, 6) is -0.0209. The van der Waals surface area contributed by atoms with E-state index in [2.05, 4.69) is 17.2 Å². The summed E-state index contributed by atoms with van der Waals surface area (Å²) in [7, 11) is -5.04. The zero-order valence-electron chi connectivity index (χ0n) is 37.5. The molecule has 9 nitrogen and oxygen atoms in total. The highest BCUT2D eigenvalue weighted by Crippen LogP contribution is 2.70. The molecule has 1 aromatic heterocycles. The second-order valence-corrected chi connectivity index (χ2v) is 20.9. The van der Waals surface area contributed by atoms with E-state index >= 15 is 8.78 Å². The molecule has 6 rings (SSSR count). The van der Waals surface area contributed by atoms with E-state index in [1.807, 2.05) is 118 Å². The monoisotopic (exact) mass is 865 g/mol. The Hall–Kier alpha value is -5.22. The van der Waals surface area contributed by atoms with E-state index in [-0.39, 0.29) is 6.10 Å². The second kappa shape index (κ2) is 17.5. The van der Waals surface area contributed by atoms with Gasteiger partial charge in [0.05, 0.1) is 28.4 Å². The van der Waals surface area contributed by atoms with Gasteiger partial charge in [0.25, 0.3) is 0 Å². The molecule has 62 heavy (non-hydrogen) atoms. The molecule has 1 unspecified atom stereocenters. The van der Waals surface area contributed by atoms with Crippen molar-refractivity contribution in [1.82, 2.24) is 15.0 Å². The maximum Gasteiger partial charge on any atom is 0.405 e. The minimum absolute atomic E-state index is 0.174. The first kappa shape index (κ1) is 46.3. The van der Waals surface area contributed by atoms with E-state index in [0.717, 1.165) is 33.3 Å². The van der Waals surface area contributed by atoms with Crippen molar-refractivity contribution in [3.05, 3.63) is 149 Å². The number of benzene rings is 5. The van der Waals surface area contributed by atoms with Crippen LogP contribution in [0.3, 0.4) is 0 Å². The van der Waals surface area contributed by atoms with Crippen LogP contribution in [0, 0.1) is 0 Å². The molecule has 0 aliphatic rings. The van der Waals surface area contributed by atoms with E-state index in [0.29, 0.717) is 29.7 Å². The van der Waals surface area contributed by atoms with Crippen LogP contribution in [0.25, 0.3) is 22.2 Å². The lowest BCUT2D eigenvalue weighted by Gasteiger charge is -2.36. The first-order valence-electron chi connectivity index (χ1n) is 20.9. The number of carbonyl (C=O) groups excluding carboxylic acids is 1. The largest absolute Gasteiger partial charge is 0.490 e. The van der Waals surface area contributed by atoms with Gasteiger partial charge in [-0.2, -0.15) is 8.78 Å². The van der Waals surface area contributed by atoms with Crippen LogP contribution in [0.1, 0.15) is 109 Å². The fraction of sp³-hybridized carbons (Fsp3) is 0.380. The Morgan fingerprint density at radius 1 is 0.661 bits per heavy atom. The standard InChI is InChI=1S/C50H58F2N3O6P/c1-34(2)58-44-31-38(27-30-41(44)45(56)59-46(3,4)5)37-25-21-35(22-26-37)32-49(39-17-13-12-14-18-39,55-43-20-16-15-19-42(43)53-54-55)33-36-23-28-40(29-24-36)50(51,52)62(57,60-47(6,7)8)61-48(9,10)11/h12-31,34H,32-33H2,1-11H3. The van der Waals surface area contributed by atoms with Gasteiger partial charge in [0.1, 0.15) is 22.4 Å². The van der Waals surface area contributed by atoms with Gasteiger partial charge in [-0.3, -0.25) is 13.6 Å². The van der Waals surface area contributed by atoms with Crippen LogP contribution >= 0.6 is 7.60 Å². The first-order valence-corrected chi connectivity index (χ1v) is 22.4. The summed E-state index contributed by atoms with van der Waals surface area (Å²) in [6.07, 6.45) is 0.594. The summed E-state index contributed by atoms with van der Waals surface area (Å²) >= 11 is 0. The maximum absolute atomic E-state index is 16.5. The van der Waals surface area contributed by atoms with Crippen LogP contribution in [-0.4, -0.2) is 43.9 Å². The third kappa shape index (κ3) is 10.7. The van der Waals surface area contributed by atoms with Crippen LogP contribution in [0.15, 0.2) is 121 Å². The van der Waals surface area contributed by atoms with Crippen molar-refractivity contribution < 1.29 is 36.7 Å². The smallest absolute Gasteiger partial charge is 0.405 e. The summed E-state index contributed by atoms with van der Waals surface area (Å²) in [5.41, 5.74) is -2.07. The maximum atomic E-state index is 16.5. The summed E-state index contributed by atoms with van der Waals surface area (Å²) in [6.45, 7) is 18.7. The van der Waals surface area contributed by atoms with E-state index in [1.54, 1.807) is 59.7 Å². The number of ether oxygens (including phenoxy) is 2. The number of aromatic nitrogens is 3. The first-order chi connectivity index (χ1) is 28.9. The molecule has 0 saturated carbocycles. The number of alkyl halides is 2. The quantitative estimate of drug-likeness (QED) is 0.0788. The van der Waals surface area contributed by atoms with Crippen molar-refractivity contribution in [2.24, 2.45) is 0 Å². The van der Waals surface area contributed by atoms with E-state index in [1.165, 1.54) is 12.1 Å². The summed E-state index contributed by atoms with van der Waals surface area (Å²) in [5, 5.41) is 9.32. The van der Waals surface area contributed by atoms with Gasteiger partial charge in [0.15, 0.2) is 0 Å². The third-order valence-electron chi connectivity index (χ3n) is 9.75. The molecular weight excluding hydrogens is 808 g/mol. The molecule has 0 bridgehead atoms. The minimum Gasteiger partial charge on any atom is -0.490 e. The van der Waals surface area contributed by atoms with Gasteiger partial charge in [0, 0.05) is 18.4 Å². The third-order valence-corrected chi connectivity index (χ3v) is 12.3. The molecule has 5 aromatic carbocycles. The topological polar surface area (TPSA) is 102 Å². The van der Waals surface area contributed by atoms with E-state index < -0.39 is 47.1 Å². The highest BCUT2D eigenvalue weighted by atomic mass is 31.2. The molecule has 1 atom stereocenters. The number of hydrogen-bond donors (Lipinski definition) is 0. The summed E-state index contributed by atoms with van der Waals surface area (Å²) in [4.78, 5) is 13.1. The molecule has 0 saturated heterocycles. The number of fused-ring (bicyclic) bond motifs is 1. The molecule has 0 aliphatic carbocycles. The molecule has 328 valence electrons. The number of nitrogens with zero attached hydrogens (tertiary/aromatic N) is 3. The van der Waals surface area contributed by atoms with Crippen molar-refractivity contribution in [3.8, 4) is 16.9 Å². The number of halogens is 2. The lowest BCUT2D eigenvalue weighted by atomic mass is 9.78. The molecule has 0 spiro atoms. The highest BCUT2D eigenvalue weighted by Gasteiger charge is 2.58. The molecule has 0 N–H and O–H groups in total. The lowest BCUT2D eigenvalue weighted by molar-refractivity contribution is -0.0213. The fourth-order valence-electron chi connectivity index (χ4n) is 7.35. The van der Waals surface area contributed by atoms with Crippen LogP contribution in [0.5, 0.6) is 5.75 Å². The SMILES string of the molecule is CC(C)Oc1cc(-c2ccc(CC(Cc3ccc(C(F)(F)P(=O)(OC(C)(C)C)OC(C)(C)C)cc3)(c3ccccc3)n3nnc4ccccc43)cc2)ccc1C(=O)OC(C)(C)C. The van der Waals surface area contributed by atoms with Gasteiger partial charge in [-0.25, -0.2) is 9.48 Å². The van der Waals surface area contributed by atoms with Crippen molar-refractivity contribution in [3.63, 3.8) is 0 Å². The molecule has 1 heterocycles. The van der Waals surface area contributed by atoms with Gasteiger partial charge in [-0.1, -0.05) is 102 Å². The Morgan fingerprint density at radius 3 is 1.74 bits per heavy atom. The van der Waals surface area contributed by atoms with Crippen LogP contribution < -0.4 is 4.74 Å². The van der Waals surface area contributed by atoms with Gasteiger partial charge in [-0.05, 0) is 128 Å². The predicted molar refractivity (Wildman–Crippen MR) is 241 cm³/mol. The zero-order valence-corrected chi connectivity index (χ0v) is 38.4. The molecule has 12 heteroatoms. The Balaban J connectivity index is 1.42. The average Bonchev–Trinajstić information content (AvgIpc) is 3.61. The normalized spacial score (nSPS) is 13.9. The predicted octanol–water partition coefficient (Wildman–Crippen LogP) is 12.9. The van der Waals surface area contributed by atoms with Gasteiger partial charge in [-0.15, -0.1) is 5.10 Å². The Labute approximate surface area is 364 Å². The van der Waals surface area contributed by atoms with Crippen LogP contribution in [0.4, 0.5) is 8.78 Å². The van der Waals surface area contributed by atoms with Crippen molar-refractivity contribution in [2.45, 2.75) is 123 Å². The van der Waals surface area contributed by atoms with Crippen LogP contribution in [-0.2, 0) is 42.4 Å². The number of esters is 1. The summed E-state index contributed by atoms with van der Waals surface area (Å²) in [6, 6.07) is 37.2. The summed E-state index contributed by atoms with van der Waals surface area (Å²) < 4.78 is 71.9. The van der Waals surface area contributed by atoms with E-state index in [9.17, 15) is 9.36 Å². The average molecular weight is 866 g/mol. The number of para-hydroxylation sites is 1. The molecule has 0 aliphatic heterocycles. The van der Waals surface area contributed by atoms with Crippen molar-refractivity contribution in [2.75, 3.05) is 0 Å². The van der Waals surface area contributed by atoms with Gasteiger partial charge >= 0.3 is 19.2 Å². The molecular formula is C50H58F2N3O6P. The fourth-order valence-corrected chi connectivity index (χ4v) is 9.53. The second-order valence-electron chi connectivity index (χ2n) is 19.0. The Kier molecular flexibility index (Phi) is 13.1. The van der Waals surface area contributed by atoms with Crippen LogP contribution in [0.2, 0.25) is 0 Å². The lowest BCUT2D eigenvalue weighted by Crippen LogP contribution is -2.40. The highest BCUT2D eigenvalue weighted by molar-refractivity contribution is 7.54. The Morgan fingerprint density at radius 2 is 1.19 bits per heavy atom. The number of hydrogen-bond acceptors (Lipinski definition) is 8. The van der Waals surface area contributed by atoms with E-state index in [4.69, 9.17) is 23.7 Å². The zero-order chi connectivity index (χ0) is 45.3. The van der Waals surface area contributed by atoms with Gasteiger partial charge in [0.2, 0.25) is 0 Å². The number of rotatable bonds is 14. The van der Waals surface area contributed by atoms with Crippen molar-refractivity contribution in [1.29, 1.82) is 0 Å². The Bertz CT molecular complexity index is 2520. The van der Waals surface area contributed by atoms with Gasteiger partial charge < -0.3 is 9.47 Å². The molecule has 6 aromatic rings.